The Bertz CT molecular complexity index is 1220. The van der Waals surface area contributed by atoms with Crippen LogP contribution in [-0.2, 0) is 0 Å². The van der Waals surface area contributed by atoms with Gasteiger partial charge in [-0.05, 0) is 68.5 Å². The quantitative estimate of drug-likeness (QED) is 0.480. The van der Waals surface area contributed by atoms with Gasteiger partial charge >= 0.3 is 0 Å². The number of pyridine rings is 1. The molecule has 2 atom stereocenters. The highest BCUT2D eigenvalue weighted by Gasteiger charge is 2.42. The Balaban J connectivity index is 1.68. The number of thiocarbonyl (C=S) groups is 1. The third-order valence-corrected chi connectivity index (χ3v) is 5.93. The van der Waals surface area contributed by atoms with Crippen LogP contribution in [0.1, 0.15) is 34.7 Å². The number of hydrogen-bond acceptors (Lipinski definition) is 5. The Labute approximate surface area is 184 Å². The Kier molecular flexibility index (Phi) is 4.67. The molecule has 0 spiro atoms. The van der Waals surface area contributed by atoms with Crippen LogP contribution >= 0.6 is 12.2 Å². The molecule has 8 nitrogen and oxygen atoms in total. The molecule has 2 N–H and O–H groups in total. The molecule has 0 amide bonds. The van der Waals surface area contributed by atoms with Gasteiger partial charge in [0.05, 0.1) is 17.8 Å². The SMILES string of the molecule is Cc1cc([C@@H]2[C@@H](c3ccccn3)NC(=S)N2c2ccc(O)cc2)c(C)n1-n1cnnc1. The molecule has 3 aromatic heterocycles. The largest absolute Gasteiger partial charge is 0.508 e. The molecule has 5 rings (SSSR count). The van der Waals surface area contributed by atoms with Gasteiger partial charge in [-0.3, -0.25) is 9.66 Å². The van der Waals surface area contributed by atoms with E-state index in [0.717, 1.165) is 28.3 Å². The second-order valence-electron chi connectivity index (χ2n) is 7.49. The number of aryl methyl sites for hydroxylation is 1. The van der Waals surface area contributed by atoms with Crippen LogP contribution in [0.15, 0.2) is 67.4 Å². The molecule has 0 bridgehead atoms. The second-order valence-corrected chi connectivity index (χ2v) is 7.88. The number of nitrogens with one attached hydrogen (secondary N) is 1. The average molecular weight is 432 g/mol. The molecule has 1 fully saturated rings. The lowest BCUT2D eigenvalue weighted by Crippen LogP contribution is -2.29. The third kappa shape index (κ3) is 3.23. The van der Waals surface area contributed by atoms with Crippen molar-refractivity contribution < 1.29 is 5.11 Å². The number of aromatic hydroxyl groups is 1. The monoisotopic (exact) mass is 431 g/mol. The van der Waals surface area contributed by atoms with Crippen molar-refractivity contribution in [3.63, 3.8) is 0 Å². The van der Waals surface area contributed by atoms with Crippen molar-refractivity contribution in [1.82, 2.24) is 29.9 Å². The molecule has 0 saturated carbocycles. The number of nitrogens with zero attached hydrogens (tertiary/aromatic N) is 6. The van der Waals surface area contributed by atoms with Gasteiger partial charge in [-0.25, -0.2) is 4.68 Å². The lowest BCUT2D eigenvalue weighted by atomic mass is 9.96. The Morgan fingerprint density at radius 3 is 2.45 bits per heavy atom. The number of aromatic nitrogens is 5. The topological polar surface area (TPSA) is 84.0 Å². The van der Waals surface area contributed by atoms with Gasteiger partial charge < -0.3 is 15.3 Å². The van der Waals surface area contributed by atoms with Crippen LogP contribution in [-0.4, -0.2) is 34.8 Å². The number of hydrogen-bond donors (Lipinski definition) is 2. The second kappa shape index (κ2) is 7.51. The van der Waals surface area contributed by atoms with Crippen LogP contribution in [0.25, 0.3) is 0 Å². The van der Waals surface area contributed by atoms with Crippen molar-refractivity contribution in [3.05, 3.63) is 90.0 Å². The van der Waals surface area contributed by atoms with Crippen LogP contribution in [0.4, 0.5) is 5.69 Å². The van der Waals surface area contributed by atoms with Gasteiger partial charge in [0.1, 0.15) is 18.4 Å². The fourth-order valence-corrected chi connectivity index (χ4v) is 4.64. The predicted molar refractivity (Wildman–Crippen MR) is 121 cm³/mol. The number of phenolic OH excluding ortho intramolecular Hbond substituents is 1. The first-order valence-electron chi connectivity index (χ1n) is 9.88. The first-order chi connectivity index (χ1) is 15.0. The Morgan fingerprint density at radius 1 is 1.03 bits per heavy atom. The molecule has 0 aliphatic carbocycles. The molecular weight excluding hydrogens is 410 g/mol. The predicted octanol–water partition coefficient (Wildman–Crippen LogP) is 3.29. The van der Waals surface area contributed by atoms with Gasteiger partial charge in [0.15, 0.2) is 5.11 Å². The van der Waals surface area contributed by atoms with E-state index >= 15 is 0 Å². The summed E-state index contributed by atoms with van der Waals surface area (Å²) in [7, 11) is 0. The van der Waals surface area contributed by atoms with E-state index in [1.54, 1.807) is 31.0 Å². The zero-order valence-electron chi connectivity index (χ0n) is 17.0. The molecule has 156 valence electrons. The fourth-order valence-electron chi connectivity index (χ4n) is 4.29. The Hall–Kier alpha value is -3.72. The molecule has 31 heavy (non-hydrogen) atoms. The number of anilines is 1. The van der Waals surface area contributed by atoms with Crippen LogP contribution in [0.5, 0.6) is 5.75 Å². The molecule has 1 aliphatic rings. The summed E-state index contributed by atoms with van der Waals surface area (Å²) in [6.45, 7) is 4.13. The van der Waals surface area contributed by atoms with E-state index in [9.17, 15) is 5.11 Å². The van der Waals surface area contributed by atoms with Crippen LogP contribution < -0.4 is 10.2 Å². The summed E-state index contributed by atoms with van der Waals surface area (Å²) in [5.74, 6) is 0.213. The van der Waals surface area contributed by atoms with Gasteiger partial charge in [-0.2, -0.15) is 0 Å². The summed E-state index contributed by atoms with van der Waals surface area (Å²) in [6, 6.07) is 14.9. The lowest BCUT2D eigenvalue weighted by molar-refractivity contribution is 0.475. The van der Waals surface area contributed by atoms with Gasteiger partial charge in [0, 0.05) is 28.8 Å². The van der Waals surface area contributed by atoms with Crippen molar-refractivity contribution in [2.75, 3.05) is 4.90 Å². The van der Waals surface area contributed by atoms with E-state index in [1.807, 2.05) is 35.0 Å². The molecular formula is C22H21N7OS. The van der Waals surface area contributed by atoms with Crippen molar-refractivity contribution in [3.8, 4) is 5.75 Å². The molecule has 0 unspecified atom stereocenters. The molecule has 0 radical (unpaired) electrons. The van der Waals surface area contributed by atoms with E-state index in [1.165, 1.54) is 0 Å². The van der Waals surface area contributed by atoms with Crippen LogP contribution in [0, 0.1) is 13.8 Å². The standard InChI is InChI=1S/C22H21N7OS/c1-14-11-18(15(2)29(14)27-12-24-25-13-27)21-20(19-5-3-4-10-23-19)26-22(31)28(21)16-6-8-17(30)9-7-16/h3-13,20-21,30H,1-2H3,(H,26,31)/t20-,21-/m1/s1. The Morgan fingerprint density at radius 2 is 1.77 bits per heavy atom. The van der Waals surface area contributed by atoms with Gasteiger partial charge in [-0.1, -0.05) is 6.07 Å². The van der Waals surface area contributed by atoms with E-state index in [2.05, 4.69) is 50.0 Å². The number of rotatable bonds is 4. The summed E-state index contributed by atoms with van der Waals surface area (Å²) in [4.78, 5) is 6.69. The van der Waals surface area contributed by atoms with Gasteiger partial charge in [0.2, 0.25) is 0 Å². The summed E-state index contributed by atoms with van der Waals surface area (Å²) in [5.41, 5.74) is 5.02. The van der Waals surface area contributed by atoms with Gasteiger partial charge in [0.25, 0.3) is 0 Å². The maximum atomic E-state index is 9.77. The zero-order chi connectivity index (χ0) is 21.5. The first-order valence-corrected chi connectivity index (χ1v) is 10.3. The van der Waals surface area contributed by atoms with Crippen LogP contribution in [0.2, 0.25) is 0 Å². The summed E-state index contributed by atoms with van der Waals surface area (Å²) < 4.78 is 3.93. The first kappa shape index (κ1) is 19.3. The van der Waals surface area contributed by atoms with E-state index in [0.29, 0.717) is 5.11 Å². The maximum Gasteiger partial charge on any atom is 0.174 e. The lowest BCUT2D eigenvalue weighted by Gasteiger charge is -2.28. The zero-order valence-corrected chi connectivity index (χ0v) is 17.9. The summed E-state index contributed by atoms with van der Waals surface area (Å²) >= 11 is 5.76. The van der Waals surface area contributed by atoms with Gasteiger partial charge in [-0.15, -0.1) is 10.2 Å². The fraction of sp³-hybridized carbons (Fsp3) is 0.182. The number of phenols is 1. The molecule has 9 heteroatoms. The highest BCUT2D eigenvalue weighted by Crippen LogP contribution is 2.43. The van der Waals surface area contributed by atoms with Crippen molar-refractivity contribution in [2.24, 2.45) is 0 Å². The highest BCUT2D eigenvalue weighted by molar-refractivity contribution is 7.80. The maximum absolute atomic E-state index is 9.77. The van der Waals surface area contributed by atoms with E-state index in [-0.39, 0.29) is 17.8 Å². The van der Waals surface area contributed by atoms with Crippen molar-refractivity contribution in [1.29, 1.82) is 0 Å². The van der Waals surface area contributed by atoms with Crippen molar-refractivity contribution >= 4 is 23.0 Å². The van der Waals surface area contributed by atoms with E-state index in [4.69, 9.17) is 12.2 Å². The van der Waals surface area contributed by atoms with Crippen LogP contribution in [0.3, 0.4) is 0 Å². The average Bonchev–Trinajstić information content (AvgIpc) is 3.47. The van der Waals surface area contributed by atoms with Crippen molar-refractivity contribution in [2.45, 2.75) is 25.9 Å². The third-order valence-electron chi connectivity index (χ3n) is 5.62. The van der Waals surface area contributed by atoms with E-state index < -0.39 is 0 Å². The molecule has 4 aromatic rings. The highest BCUT2D eigenvalue weighted by atomic mass is 32.1. The molecule has 4 heterocycles. The number of benzene rings is 1. The minimum atomic E-state index is -0.141. The summed E-state index contributed by atoms with van der Waals surface area (Å²) in [6.07, 6.45) is 5.14. The summed E-state index contributed by atoms with van der Waals surface area (Å²) in [5, 5.41) is 21.7. The minimum absolute atomic E-state index is 0.136. The molecule has 1 aliphatic heterocycles. The molecule has 1 aromatic carbocycles. The smallest absolute Gasteiger partial charge is 0.174 e. The minimum Gasteiger partial charge on any atom is -0.508 e. The normalized spacial score (nSPS) is 18.4. The molecule has 1 saturated heterocycles.